The molecule has 16 heavy (non-hydrogen) atoms. The normalized spacial score (nSPS) is 19.3. The third kappa shape index (κ3) is 2.99. The minimum Gasteiger partial charge on any atom is -0.456 e. The van der Waals surface area contributed by atoms with E-state index >= 15 is 0 Å². The number of rotatable bonds is 1. The highest BCUT2D eigenvalue weighted by atomic mass is 16.6. The first-order valence-corrected chi connectivity index (χ1v) is 5.43. The predicted molar refractivity (Wildman–Crippen MR) is 60.3 cm³/mol. The molecule has 0 radical (unpaired) electrons. The van der Waals surface area contributed by atoms with Crippen molar-refractivity contribution in [1.29, 1.82) is 5.26 Å². The maximum Gasteiger partial charge on any atom is 0.351 e. The standard InChI is InChI=1S/C12H18N2O2/c1-12(2,3)16-11(15)9(8-13)10-6-5-7-14(10)4/h5-7H2,1-4H3/b10-9-. The topological polar surface area (TPSA) is 53.3 Å². The molecule has 1 aliphatic heterocycles. The fraction of sp³-hybridized carbons (Fsp3) is 0.667. The summed E-state index contributed by atoms with van der Waals surface area (Å²) in [6.07, 6.45) is 1.76. The van der Waals surface area contributed by atoms with Gasteiger partial charge in [-0.15, -0.1) is 0 Å². The molecule has 0 aliphatic carbocycles. The zero-order chi connectivity index (χ0) is 12.3. The van der Waals surface area contributed by atoms with Crippen LogP contribution >= 0.6 is 0 Å². The number of nitrogens with zero attached hydrogens (tertiary/aromatic N) is 2. The highest BCUT2D eigenvalue weighted by molar-refractivity contribution is 5.93. The van der Waals surface area contributed by atoms with E-state index in [-0.39, 0.29) is 5.57 Å². The minimum atomic E-state index is -0.559. The Morgan fingerprint density at radius 1 is 1.50 bits per heavy atom. The Bertz CT molecular complexity index is 358. The average Bonchev–Trinajstić information content (AvgIpc) is 2.50. The van der Waals surface area contributed by atoms with Crippen molar-refractivity contribution in [2.75, 3.05) is 13.6 Å². The van der Waals surface area contributed by atoms with Gasteiger partial charge in [-0.1, -0.05) is 0 Å². The molecule has 1 heterocycles. The molecule has 0 N–H and O–H groups in total. The Balaban J connectivity index is 2.92. The molecule has 0 aromatic heterocycles. The van der Waals surface area contributed by atoms with Gasteiger partial charge in [-0.05, 0) is 33.6 Å². The van der Waals surface area contributed by atoms with Crippen LogP contribution in [0.15, 0.2) is 11.3 Å². The Morgan fingerprint density at radius 3 is 2.50 bits per heavy atom. The van der Waals surface area contributed by atoms with Crippen molar-refractivity contribution in [2.45, 2.75) is 39.2 Å². The number of hydrogen-bond acceptors (Lipinski definition) is 4. The van der Waals surface area contributed by atoms with Crippen molar-refractivity contribution in [3.05, 3.63) is 11.3 Å². The van der Waals surface area contributed by atoms with E-state index < -0.39 is 11.6 Å². The van der Waals surface area contributed by atoms with Crippen LogP contribution in [-0.4, -0.2) is 30.1 Å². The molecule has 0 unspecified atom stereocenters. The van der Waals surface area contributed by atoms with Gasteiger partial charge in [-0.2, -0.15) is 5.26 Å². The van der Waals surface area contributed by atoms with Crippen LogP contribution in [0.2, 0.25) is 0 Å². The van der Waals surface area contributed by atoms with Gasteiger partial charge in [0.2, 0.25) is 0 Å². The van der Waals surface area contributed by atoms with Gasteiger partial charge in [0, 0.05) is 19.3 Å². The summed E-state index contributed by atoms with van der Waals surface area (Å²) in [5.41, 5.74) is 0.392. The highest BCUT2D eigenvalue weighted by Gasteiger charge is 2.26. The van der Waals surface area contributed by atoms with Gasteiger partial charge in [-0.3, -0.25) is 0 Å². The summed E-state index contributed by atoms with van der Waals surface area (Å²) in [6.45, 7) is 6.28. The lowest BCUT2D eigenvalue weighted by atomic mass is 10.1. The molecule has 1 aliphatic rings. The Morgan fingerprint density at radius 2 is 2.12 bits per heavy atom. The van der Waals surface area contributed by atoms with E-state index in [9.17, 15) is 4.79 Å². The van der Waals surface area contributed by atoms with Crippen molar-refractivity contribution in [3.63, 3.8) is 0 Å². The lowest BCUT2D eigenvalue weighted by Crippen LogP contribution is -2.26. The molecule has 4 nitrogen and oxygen atoms in total. The number of hydrogen-bond donors (Lipinski definition) is 0. The van der Waals surface area contributed by atoms with Gasteiger partial charge >= 0.3 is 5.97 Å². The molecule has 0 atom stereocenters. The SMILES string of the molecule is CN1CCC/C1=C(\C#N)C(=O)OC(C)(C)C. The van der Waals surface area contributed by atoms with Crippen LogP contribution in [0, 0.1) is 11.3 Å². The molecule has 1 fully saturated rings. The largest absolute Gasteiger partial charge is 0.456 e. The number of carbonyl (C=O) groups excluding carboxylic acids is 1. The summed E-state index contributed by atoms with van der Waals surface area (Å²) in [4.78, 5) is 13.7. The molecular formula is C12H18N2O2. The molecule has 4 heteroatoms. The third-order valence-corrected chi connectivity index (χ3v) is 2.37. The Labute approximate surface area is 96.5 Å². The summed E-state index contributed by atoms with van der Waals surface area (Å²) in [7, 11) is 1.89. The van der Waals surface area contributed by atoms with Crippen LogP contribution in [0.4, 0.5) is 0 Å². The van der Waals surface area contributed by atoms with E-state index in [0.29, 0.717) is 0 Å². The second-order valence-electron chi connectivity index (χ2n) is 4.96. The lowest BCUT2D eigenvalue weighted by molar-refractivity contribution is -0.149. The van der Waals surface area contributed by atoms with E-state index in [0.717, 1.165) is 25.1 Å². The molecular weight excluding hydrogens is 204 g/mol. The first-order valence-electron chi connectivity index (χ1n) is 5.43. The van der Waals surface area contributed by atoms with Gasteiger partial charge in [0.25, 0.3) is 0 Å². The number of ether oxygens (including phenoxy) is 1. The second-order valence-corrected chi connectivity index (χ2v) is 4.96. The molecule has 1 saturated heterocycles. The van der Waals surface area contributed by atoms with E-state index in [2.05, 4.69) is 0 Å². The summed E-state index contributed by atoms with van der Waals surface area (Å²) >= 11 is 0. The molecule has 0 amide bonds. The monoisotopic (exact) mass is 222 g/mol. The predicted octanol–water partition coefficient (Wildman–Crippen LogP) is 1.83. The molecule has 1 rings (SSSR count). The van der Waals surface area contributed by atoms with Crippen LogP contribution in [0.25, 0.3) is 0 Å². The highest BCUT2D eigenvalue weighted by Crippen LogP contribution is 2.24. The summed E-state index contributed by atoms with van der Waals surface area (Å²) in [6, 6.07) is 1.96. The van der Waals surface area contributed by atoms with Crippen molar-refractivity contribution < 1.29 is 9.53 Å². The number of carbonyl (C=O) groups is 1. The van der Waals surface area contributed by atoms with Crippen molar-refractivity contribution in [3.8, 4) is 6.07 Å². The zero-order valence-corrected chi connectivity index (χ0v) is 10.3. The fourth-order valence-electron chi connectivity index (χ4n) is 1.68. The zero-order valence-electron chi connectivity index (χ0n) is 10.3. The van der Waals surface area contributed by atoms with Gasteiger partial charge in [0.05, 0.1) is 0 Å². The van der Waals surface area contributed by atoms with E-state index in [1.165, 1.54) is 0 Å². The quantitative estimate of drug-likeness (QED) is 0.386. The Hall–Kier alpha value is -1.50. The van der Waals surface area contributed by atoms with E-state index in [1.54, 1.807) is 20.8 Å². The summed E-state index contributed by atoms with van der Waals surface area (Å²) in [5.74, 6) is -0.515. The van der Waals surface area contributed by atoms with E-state index in [4.69, 9.17) is 10.00 Å². The molecule has 0 aromatic rings. The smallest absolute Gasteiger partial charge is 0.351 e. The van der Waals surface area contributed by atoms with Gasteiger partial charge in [-0.25, -0.2) is 4.79 Å². The van der Waals surface area contributed by atoms with Crippen molar-refractivity contribution in [1.82, 2.24) is 4.90 Å². The van der Waals surface area contributed by atoms with Crippen LogP contribution in [0.5, 0.6) is 0 Å². The Kier molecular flexibility index (Phi) is 3.58. The second kappa shape index (κ2) is 4.56. The molecule has 0 saturated carbocycles. The molecule has 0 bridgehead atoms. The van der Waals surface area contributed by atoms with E-state index in [1.807, 2.05) is 18.0 Å². The van der Waals surface area contributed by atoms with Gasteiger partial charge in [0.15, 0.2) is 5.57 Å². The maximum absolute atomic E-state index is 11.8. The van der Waals surface area contributed by atoms with Crippen LogP contribution in [-0.2, 0) is 9.53 Å². The first kappa shape index (κ1) is 12.6. The van der Waals surface area contributed by atoms with Gasteiger partial charge in [0.1, 0.15) is 11.7 Å². The number of likely N-dealkylation sites (tertiary alicyclic amines) is 1. The number of nitriles is 1. The van der Waals surface area contributed by atoms with Crippen LogP contribution < -0.4 is 0 Å². The summed E-state index contributed by atoms with van der Waals surface area (Å²) < 4.78 is 5.21. The average molecular weight is 222 g/mol. The first-order chi connectivity index (χ1) is 7.35. The van der Waals surface area contributed by atoms with Crippen molar-refractivity contribution in [2.24, 2.45) is 0 Å². The lowest BCUT2D eigenvalue weighted by Gasteiger charge is -2.21. The molecule has 0 aromatic carbocycles. The van der Waals surface area contributed by atoms with Crippen molar-refractivity contribution >= 4 is 5.97 Å². The fourth-order valence-corrected chi connectivity index (χ4v) is 1.68. The molecule has 0 spiro atoms. The van der Waals surface area contributed by atoms with Crippen LogP contribution in [0.3, 0.4) is 0 Å². The van der Waals surface area contributed by atoms with Crippen LogP contribution in [0.1, 0.15) is 33.6 Å². The number of allylic oxidation sites excluding steroid dienone is 1. The molecule has 88 valence electrons. The number of esters is 1. The third-order valence-electron chi connectivity index (χ3n) is 2.37. The van der Waals surface area contributed by atoms with Gasteiger partial charge < -0.3 is 9.64 Å². The maximum atomic E-state index is 11.8. The summed E-state index contributed by atoms with van der Waals surface area (Å²) in [5, 5.41) is 9.04. The minimum absolute atomic E-state index is 0.148.